The number of rotatable bonds is 3. The fourth-order valence-corrected chi connectivity index (χ4v) is 1.16. The van der Waals surface area contributed by atoms with E-state index >= 15 is 0 Å². The molecule has 1 aromatic carbocycles. The summed E-state index contributed by atoms with van der Waals surface area (Å²) >= 11 is 0. The lowest BCUT2D eigenvalue weighted by molar-refractivity contribution is 0.338. The molecule has 0 bridgehead atoms. The number of hydrogen-bond donors (Lipinski definition) is 1. The third-order valence-corrected chi connectivity index (χ3v) is 1.81. The fourth-order valence-electron chi connectivity index (χ4n) is 1.16. The molecule has 0 amide bonds. The van der Waals surface area contributed by atoms with Crippen LogP contribution in [0.3, 0.4) is 0 Å². The maximum absolute atomic E-state index is 5.43. The average molecular weight is 205 g/mol. The van der Waals surface area contributed by atoms with E-state index in [9.17, 15) is 0 Å². The van der Waals surface area contributed by atoms with Crippen LogP contribution in [0.25, 0.3) is 0 Å². The number of ether oxygens (including phenoxy) is 2. The molecule has 1 rings (SSSR count). The molecule has 0 unspecified atom stereocenters. The third-order valence-electron chi connectivity index (χ3n) is 1.81. The van der Waals surface area contributed by atoms with Gasteiger partial charge in [0.15, 0.2) is 0 Å². The zero-order chi connectivity index (χ0) is 11.1. The van der Waals surface area contributed by atoms with Crippen LogP contribution in [0.4, 0.5) is 0 Å². The number of benzene rings is 1. The van der Waals surface area contributed by atoms with Crippen molar-refractivity contribution in [3.05, 3.63) is 23.8 Å². The largest absolute Gasteiger partial charge is 0.497 e. The van der Waals surface area contributed by atoms with Gasteiger partial charge in [-0.2, -0.15) is 0 Å². The second-order valence-electron chi connectivity index (χ2n) is 2.80. The highest BCUT2D eigenvalue weighted by atomic mass is 16.5. The van der Waals surface area contributed by atoms with Gasteiger partial charge in [-0.25, -0.2) is 0 Å². The van der Waals surface area contributed by atoms with E-state index in [0.717, 1.165) is 17.1 Å². The molecule has 80 valence electrons. The first-order valence-electron chi connectivity index (χ1n) is 4.81. The molecule has 15 heavy (non-hydrogen) atoms. The highest BCUT2D eigenvalue weighted by Crippen LogP contribution is 2.23. The summed E-state index contributed by atoms with van der Waals surface area (Å²) in [5.41, 5.74) is 6.13. The Balaban J connectivity index is 3.04. The van der Waals surface area contributed by atoms with Crippen LogP contribution in [0.2, 0.25) is 0 Å². The van der Waals surface area contributed by atoms with Crippen molar-refractivity contribution >= 4 is 0 Å². The predicted octanol–water partition coefficient (Wildman–Crippen LogP) is 1.40. The van der Waals surface area contributed by atoms with E-state index in [0.29, 0.717) is 13.2 Å². The van der Waals surface area contributed by atoms with Crippen LogP contribution in [0.5, 0.6) is 11.5 Å². The van der Waals surface area contributed by atoms with Crippen molar-refractivity contribution in [1.29, 1.82) is 0 Å². The molecular formula is C12H15NO2. The van der Waals surface area contributed by atoms with Crippen molar-refractivity contribution < 1.29 is 9.47 Å². The maximum Gasteiger partial charge on any atom is 0.135 e. The molecule has 0 heterocycles. The summed E-state index contributed by atoms with van der Waals surface area (Å²) in [5, 5.41) is 0. The molecule has 0 aromatic heterocycles. The first-order chi connectivity index (χ1) is 7.31. The monoisotopic (exact) mass is 205 g/mol. The summed E-state index contributed by atoms with van der Waals surface area (Å²) < 4.78 is 10.5. The minimum atomic E-state index is 0.336. The van der Waals surface area contributed by atoms with Crippen molar-refractivity contribution in [1.82, 2.24) is 0 Å². The highest BCUT2D eigenvalue weighted by Gasteiger charge is 2.02. The van der Waals surface area contributed by atoms with Crippen molar-refractivity contribution in [3.8, 4) is 23.3 Å². The van der Waals surface area contributed by atoms with Crippen LogP contribution in [0, 0.1) is 11.8 Å². The molecule has 0 saturated carbocycles. The quantitative estimate of drug-likeness (QED) is 0.759. The molecule has 0 radical (unpaired) electrons. The summed E-state index contributed by atoms with van der Waals surface area (Å²) in [7, 11) is 1.62. The van der Waals surface area contributed by atoms with Gasteiger partial charge in [0, 0.05) is 0 Å². The fraction of sp³-hybridized carbons (Fsp3) is 0.333. The van der Waals surface area contributed by atoms with Gasteiger partial charge in [0.2, 0.25) is 0 Å². The van der Waals surface area contributed by atoms with Gasteiger partial charge in [0.05, 0.1) is 25.8 Å². The Morgan fingerprint density at radius 2 is 2.20 bits per heavy atom. The first kappa shape index (κ1) is 11.4. The Labute approximate surface area is 90.2 Å². The Bertz CT molecular complexity index is 377. The van der Waals surface area contributed by atoms with Gasteiger partial charge in [-0.05, 0) is 25.1 Å². The summed E-state index contributed by atoms with van der Waals surface area (Å²) in [4.78, 5) is 0. The van der Waals surface area contributed by atoms with Gasteiger partial charge < -0.3 is 15.2 Å². The van der Waals surface area contributed by atoms with Gasteiger partial charge in [-0.1, -0.05) is 11.8 Å². The number of hydrogen-bond acceptors (Lipinski definition) is 3. The predicted molar refractivity (Wildman–Crippen MR) is 60.1 cm³/mol. The minimum absolute atomic E-state index is 0.336. The van der Waals surface area contributed by atoms with E-state index in [2.05, 4.69) is 11.8 Å². The number of nitrogens with two attached hydrogens (primary N) is 1. The van der Waals surface area contributed by atoms with Crippen LogP contribution in [-0.2, 0) is 0 Å². The second-order valence-corrected chi connectivity index (χ2v) is 2.80. The molecular weight excluding hydrogens is 190 g/mol. The van der Waals surface area contributed by atoms with E-state index in [1.807, 2.05) is 25.1 Å². The molecule has 0 fully saturated rings. The Morgan fingerprint density at radius 1 is 1.40 bits per heavy atom. The normalized spacial score (nSPS) is 9.00. The second kappa shape index (κ2) is 5.94. The molecule has 1 aromatic rings. The average Bonchev–Trinajstić information content (AvgIpc) is 2.28. The smallest absolute Gasteiger partial charge is 0.135 e. The van der Waals surface area contributed by atoms with Gasteiger partial charge in [-0.15, -0.1) is 0 Å². The van der Waals surface area contributed by atoms with Gasteiger partial charge in [0.25, 0.3) is 0 Å². The SMILES string of the molecule is CCOc1ccc(OC)cc1C#CCN. The molecule has 0 spiro atoms. The van der Waals surface area contributed by atoms with Gasteiger partial charge >= 0.3 is 0 Å². The van der Waals surface area contributed by atoms with E-state index in [1.54, 1.807) is 7.11 Å². The highest BCUT2D eigenvalue weighted by molar-refractivity contribution is 5.50. The molecule has 0 saturated heterocycles. The zero-order valence-corrected chi connectivity index (χ0v) is 9.04. The Hall–Kier alpha value is -1.66. The molecule has 3 heteroatoms. The van der Waals surface area contributed by atoms with Crippen LogP contribution < -0.4 is 15.2 Å². The van der Waals surface area contributed by atoms with Crippen molar-refractivity contribution in [3.63, 3.8) is 0 Å². The summed E-state index contributed by atoms with van der Waals surface area (Å²) in [6, 6.07) is 5.54. The molecule has 2 N–H and O–H groups in total. The van der Waals surface area contributed by atoms with Crippen LogP contribution >= 0.6 is 0 Å². The molecule has 0 atom stereocenters. The van der Waals surface area contributed by atoms with Crippen molar-refractivity contribution in [2.75, 3.05) is 20.3 Å². The van der Waals surface area contributed by atoms with E-state index in [-0.39, 0.29) is 0 Å². The number of methoxy groups -OCH3 is 1. The topological polar surface area (TPSA) is 44.5 Å². The lowest BCUT2D eigenvalue weighted by Crippen LogP contribution is -1.96. The van der Waals surface area contributed by atoms with E-state index in [1.165, 1.54) is 0 Å². The molecule has 0 aliphatic carbocycles. The first-order valence-corrected chi connectivity index (χ1v) is 4.81. The summed E-state index contributed by atoms with van der Waals surface area (Å²) in [6.07, 6.45) is 0. The Morgan fingerprint density at radius 3 is 2.80 bits per heavy atom. The molecule has 0 aliphatic rings. The molecule has 3 nitrogen and oxygen atoms in total. The molecule has 0 aliphatic heterocycles. The van der Waals surface area contributed by atoms with Gasteiger partial charge in [-0.3, -0.25) is 0 Å². The Kier molecular flexibility index (Phi) is 4.52. The zero-order valence-electron chi connectivity index (χ0n) is 9.04. The standard InChI is InChI=1S/C12H15NO2/c1-3-15-12-7-6-11(14-2)9-10(12)5-4-8-13/h6-7,9H,3,8,13H2,1-2H3. The van der Waals surface area contributed by atoms with Crippen LogP contribution in [0.1, 0.15) is 12.5 Å². The third kappa shape index (κ3) is 3.19. The van der Waals surface area contributed by atoms with Gasteiger partial charge in [0.1, 0.15) is 11.5 Å². The minimum Gasteiger partial charge on any atom is -0.497 e. The lowest BCUT2D eigenvalue weighted by Gasteiger charge is -2.07. The van der Waals surface area contributed by atoms with Crippen molar-refractivity contribution in [2.45, 2.75) is 6.92 Å². The van der Waals surface area contributed by atoms with Crippen molar-refractivity contribution in [2.24, 2.45) is 5.73 Å². The summed E-state index contributed by atoms with van der Waals surface area (Å²) in [6.45, 7) is 2.89. The maximum atomic E-state index is 5.43. The van der Waals surface area contributed by atoms with Crippen LogP contribution in [-0.4, -0.2) is 20.3 Å². The lowest BCUT2D eigenvalue weighted by atomic mass is 10.2. The van der Waals surface area contributed by atoms with E-state index < -0.39 is 0 Å². The van der Waals surface area contributed by atoms with Crippen LogP contribution in [0.15, 0.2) is 18.2 Å². The summed E-state index contributed by atoms with van der Waals surface area (Å²) in [5.74, 6) is 7.28. The van der Waals surface area contributed by atoms with E-state index in [4.69, 9.17) is 15.2 Å².